The van der Waals surface area contributed by atoms with Gasteiger partial charge in [-0.2, -0.15) is 0 Å². The Balaban J connectivity index is 1.63. The fraction of sp³-hybridized carbons (Fsp3) is 0.828. The number of hydrogen-bond donors (Lipinski definition) is 2. The van der Waals surface area contributed by atoms with Crippen LogP contribution in [0.5, 0.6) is 0 Å². The topological polar surface area (TPSA) is 74.6 Å². The van der Waals surface area contributed by atoms with Crippen molar-refractivity contribution in [2.24, 2.45) is 39.9 Å². The van der Waals surface area contributed by atoms with E-state index < -0.39 is 18.7 Å². The van der Waals surface area contributed by atoms with Crippen LogP contribution >= 0.6 is 7.60 Å². The zero-order chi connectivity index (χ0) is 25.3. The molecule has 0 aromatic carbocycles. The molecule has 0 aromatic heterocycles. The summed E-state index contributed by atoms with van der Waals surface area (Å²) >= 11 is 0. The highest BCUT2D eigenvalue weighted by Gasteiger charge is 2.63. The third-order valence-electron chi connectivity index (χ3n) is 10.6. The summed E-state index contributed by atoms with van der Waals surface area (Å²) in [4.78, 5) is 33.4. The maximum absolute atomic E-state index is 13.2. The van der Waals surface area contributed by atoms with Crippen LogP contribution < -0.4 is 0 Å². The molecular formula is C29H47O4P. The van der Waals surface area contributed by atoms with E-state index in [-0.39, 0.29) is 29.0 Å². The average Bonchev–Trinajstić information content (AvgIpc) is 3.02. The maximum Gasteiger partial charge on any atom is 0.336 e. The van der Waals surface area contributed by atoms with Crippen molar-refractivity contribution in [1.82, 2.24) is 0 Å². The van der Waals surface area contributed by atoms with Crippen molar-refractivity contribution in [2.75, 3.05) is 0 Å². The van der Waals surface area contributed by atoms with Crippen molar-refractivity contribution >= 4 is 13.4 Å². The van der Waals surface area contributed by atoms with Gasteiger partial charge in [-0.3, -0.25) is 9.36 Å². The lowest BCUT2D eigenvalue weighted by Gasteiger charge is -2.59. The van der Waals surface area contributed by atoms with Crippen molar-refractivity contribution < 1.29 is 19.1 Å². The number of carbonyl (C=O) groups excluding carboxylic acids is 1. The highest BCUT2D eigenvalue weighted by atomic mass is 31.2. The molecule has 0 heterocycles. The van der Waals surface area contributed by atoms with Crippen molar-refractivity contribution in [3.8, 4) is 0 Å². The van der Waals surface area contributed by atoms with Gasteiger partial charge in [-0.05, 0) is 83.2 Å². The summed E-state index contributed by atoms with van der Waals surface area (Å²) in [7, 11) is -4.49. The summed E-state index contributed by atoms with van der Waals surface area (Å²) in [5.41, 5.74) is 2.55. The number of hydrogen-bond acceptors (Lipinski definition) is 2. The molecule has 34 heavy (non-hydrogen) atoms. The number of fused-ring (bicyclic) bond motifs is 4. The third kappa shape index (κ3) is 4.04. The quantitative estimate of drug-likeness (QED) is 0.379. The first-order chi connectivity index (χ1) is 15.6. The molecule has 0 unspecified atom stereocenters. The van der Waals surface area contributed by atoms with E-state index in [1.54, 1.807) is 5.57 Å². The van der Waals surface area contributed by atoms with Crippen LogP contribution in [0.3, 0.4) is 0 Å². The molecule has 0 aromatic rings. The van der Waals surface area contributed by atoms with Crippen LogP contribution in [0.1, 0.15) is 106 Å². The van der Waals surface area contributed by atoms with E-state index in [1.807, 2.05) is 13.8 Å². The van der Waals surface area contributed by atoms with Gasteiger partial charge >= 0.3 is 7.60 Å². The fourth-order valence-electron chi connectivity index (χ4n) is 9.17. The van der Waals surface area contributed by atoms with Gasteiger partial charge in [0.05, 0.1) is 0 Å². The van der Waals surface area contributed by atoms with Gasteiger partial charge in [0.25, 0.3) is 0 Å². The molecule has 0 bridgehead atoms. The summed E-state index contributed by atoms with van der Waals surface area (Å²) in [5, 5.41) is 0. The largest absolute Gasteiger partial charge is 0.336 e. The maximum atomic E-state index is 13.2. The van der Waals surface area contributed by atoms with E-state index in [9.17, 15) is 19.1 Å². The molecule has 2 N–H and O–H groups in total. The van der Waals surface area contributed by atoms with Gasteiger partial charge < -0.3 is 9.79 Å². The van der Waals surface area contributed by atoms with E-state index in [1.165, 1.54) is 30.4 Å². The minimum absolute atomic E-state index is 0.117. The van der Waals surface area contributed by atoms with Crippen LogP contribution in [0.25, 0.3) is 0 Å². The minimum Gasteiger partial charge on any atom is -0.324 e. The second kappa shape index (κ2) is 8.70. The molecule has 4 aliphatic rings. The summed E-state index contributed by atoms with van der Waals surface area (Å²) in [6.45, 7) is 15.7. The first-order valence-electron chi connectivity index (χ1n) is 13.7. The molecule has 192 valence electrons. The fourth-order valence-corrected chi connectivity index (χ4v) is 10.7. The molecule has 0 saturated heterocycles. The van der Waals surface area contributed by atoms with Crippen molar-refractivity contribution in [1.29, 1.82) is 0 Å². The second-order valence-electron chi connectivity index (χ2n) is 13.6. The first kappa shape index (κ1) is 26.4. The van der Waals surface area contributed by atoms with Gasteiger partial charge in [-0.25, -0.2) is 0 Å². The monoisotopic (exact) mass is 490 g/mol. The summed E-state index contributed by atoms with van der Waals surface area (Å²) in [5.74, 6) is 2.05. The van der Waals surface area contributed by atoms with Crippen molar-refractivity contribution in [2.45, 2.75) is 112 Å². The third-order valence-corrected chi connectivity index (χ3v) is 12.3. The standard InChI is InChI=1S/C29H47O4P/c1-18(2)9-8-10-19(3)21-12-13-22-20-11-14-25-27(4,5)26(34(31,32)33)24(30)17-29(25,7)23(20)15-16-28(21,22)6/h13,18-19,21,25-26H,8-12,14-17H2,1-7H3,(H2,31,32,33)/t19-,21-,25+,26+,28-,29-/m1/s1. The molecule has 1 fully saturated rings. The Morgan fingerprint density at radius 3 is 2.35 bits per heavy atom. The molecule has 0 spiro atoms. The number of allylic oxidation sites excluding steroid dienone is 4. The van der Waals surface area contributed by atoms with Crippen LogP contribution in [0.15, 0.2) is 22.8 Å². The smallest absolute Gasteiger partial charge is 0.324 e. The molecule has 5 heteroatoms. The number of ketones is 1. The Morgan fingerprint density at radius 2 is 1.74 bits per heavy atom. The van der Waals surface area contributed by atoms with E-state index in [0.29, 0.717) is 11.8 Å². The highest BCUT2D eigenvalue weighted by molar-refractivity contribution is 7.53. The Kier molecular flexibility index (Phi) is 6.75. The summed E-state index contributed by atoms with van der Waals surface area (Å²) < 4.78 is 12.3. The van der Waals surface area contributed by atoms with Gasteiger partial charge in [0, 0.05) is 6.42 Å². The molecule has 6 atom stereocenters. The van der Waals surface area contributed by atoms with Gasteiger partial charge in [-0.1, -0.05) is 79.4 Å². The lowest BCUT2D eigenvalue weighted by Crippen LogP contribution is -2.56. The first-order valence-corrected chi connectivity index (χ1v) is 15.3. The molecule has 4 rings (SSSR count). The van der Waals surface area contributed by atoms with Gasteiger partial charge in [0.2, 0.25) is 0 Å². The van der Waals surface area contributed by atoms with E-state index in [0.717, 1.165) is 38.0 Å². The van der Waals surface area contributed by atoms with Crippen LogP contribution in [0.4, 0.5) is 0 Å². The van der Waals surface area contributed by atoms with Crippen LogP contribution in [0, 0.1) is 39.9 Å². The highest BCUT2D eigenvalue weighted by Crippen LogP contribution is 2.69. The molecule has 4 aliphatic carbocycles. The Hall–Kier alpha value is -0.700. The van der Waals surface area contributed by atoms with Gasteiger partial charge in [0.15, 0.2) is 0 Å². The average molecular weight is 491 g/mol. The molecule has 0 amide bonds. The van der Waals surface area contributed by atoms with E-state index >= 15 is 0 Å². The van der Waals surface area contributed by atoms with Crippen molar-refractivity contribution in [3.63, 3.8) is 0 Å². The molecule has 0 aliphatic heterocycles. The zero-order valence-electron chi connectivity index (χ0n) is 22.5. The number of Topliss-reactive ketones (excluding diaryl/α,β-unsaturated/α-hetero) is 1. The molecule has 0 radical (unpaired) electrons. The lowest BCUT2D eigenvalue weighted by molar-refractivity contribution is -0.131. The SMILES string of the molecule is CC(C)CCC[C@@H](C)[C@H]1CC=C2C3=C(CC[C@@]21C)[C@@]1(C)CC(=O)[C@H](P(=O)(O)O)C(C)(C)[C@@H]1CC3. The summed E-state index contributed by atoms with van der Waals surface area (Å²) in [6.07, 6.45) is 11.9. The Labute approximate surface area is 207 Å². The van der Waals surface area contributed by atoms with E-state index in [4.69, 9.17) is 0 Å². The second-order valence-corrected chi connectivity index (χ2v) is 15.3. The minimum atomic E-state index is -4.49. The Morgan fingerprint density at radius 1 is 1.06 bits per heavy atom. The van der Waals surface area contributed by atoms with Crippen molar-refractivity contribution in [3.05, 3.63) is 22.8 Å². The predicted octanol–water partition coefficient (Wildman–Crippen LogP) is 7.45. The molecule has 4 nitrogen and oxygen atoms in total. The van der Waals surface area contributed by atoms with E-state index in [2.05, 4.69) is 40.7 Å². The zero-order valence-corrected chi connectivity index (χ0v) is 23.4. The van der Waals surface area contributed by atoms with Gasteiger partial charge in [0.1, 0.15) is 11.4 Å². The number of carbonyl (C=O) groups is 1. The lowest BCUT2D eigenvalue weighted by atomic mass is 9.46. The number of rotatable bonds is 6. The van der Waals surface area contributed by atoms with Crippen LogP contribution in [-0.2, 0) is 9.36 Å². The predicted molar refractivity (Wildman–Crippen MR) is 138 cm³/mol. The van der Waals surface area contributed by atoms with Gasteiger partial charge in [-0.15, -0.1) is 0 Å². The van der Waals surface area contributed by atoms with Crippen LogP contribution in [0.2, 0.25) is 0 Å². The molecule has 1 saturated carbocycles. The Bertz CT molecular complexity index is 953. The van der Waals surface area contributed by atoms with Crippen LogP contribution in [-0.4, -0.2) is 21.2 Å². The molecular weight excluding hydrogens is 443 g/mol. The normalized spacial score (nSPS) is 38.4. The summed E-state index contributed by atoms with van der Waals surface area (Å²) in [6, 6.07) is 0.